The SMILES string of the molecule is NC(=O)C(OC(=O)COc1ccccc1Cc1ccccc1)c1ccccc1. The van der Waals surface area contributed by atoms with Crippen LogP contribution < -0.4 is 10.5 Å². The van der Waals surface area contributed by atoms with Gasteiger partial charge >= 0.3 is 5.97 Å². The molecule has 3 aromatic carbocycles. The number of primary amides is 1. The van der Waals surface area contributed by atoms with Gasteiger partial charge in [0, 0.05) is 12.0 Å². The van der Waals surface area contributed by atoms with Crippen LogP contribution in [0.1, 0.15) is 22.8 Å². The van der Waals surface area contributed by atoms with E-state index >= 15 is 0 Å². The van der Waals surface area contributed by atoms with Crippen LogP contribution in [-0.2, 0) is 20.7 Å². The molecule has 3 aromatic rings. The second kappa shape index (κ2) is 9.37. The lowest BCUT2D eigenvalue weighted by Gasteiger charge is -2.16. The Hall–Kier alpha value is -3.60. The zero-order valence-electron chi connectivity index (χ0n) is 15.3. The average molecular weight is 375 g/mol. The molecule has 1 amide bonds. The summed E-state index contributed by atoms with van der Waals surface area (Å²) in [7, 11) is 0. The zero-order valence-corrected chi connectivity index (χ0v) is 15.3. The first-order valence-corrected chi connectivity index (χ1v) is 8.92. The quantitative estimate of drug-likeness (QED) is 0.612. The van der Waals surface area contributed by atoms with Gasteiger partial charge in [-0.3, -0.25) is 4.79 Å². The van der Waals surface area contributed by atoms with Gasteiger partial charge in [0.05, 0.1) is 0 Å². The highest BCUT2D eigenvalue weighted by atomic mass is 16.6. The summed E-state index contributed by atoms with van der Waals surface area (Å²) in [5.74, 6) is -0.801. The van der Waals surface area contributed by atoms with E-state index in [1.54, 1.807) is 36.4 Å². The van der Waals surface area contributed by atoms with Crippen molar-refractivity contribution in [3.8, 4) is 5.75 Å². The van der Waals surface area contributed by atoms with Crippen molar-refractivity contribution in [2.24, 2.45) is 5.73 Å². The van der Waals surface area contributed by atoms with E-state index in [0.29, 0.717) is 17.7 Å². The van der Waals surface area contributed by atoms with E-state index in [1.807, 2.05) is 48.5 Å². The molecule has 0 saturated heterocycles. The normalized spacial score (nSPS) is 11.4. The smallest absolute Gasteiger partial charge is 0.345 e. The molecular formula is C23H21NO4. The Balaban J connectivity index is 1.64. The summed E-state index contributed by atoms with van der Waals surface area (Å²) >= 11 is 0. The molecular weight excluding hydrogens is 354 g/mol. The Bertz CT molecular complexity index is 926. The van der Waals surface area contributed by atoms with E-state index in [4.69, 9.17) is 15.2 Å². The van der Waals surface area contributed by atoms with Gasteiger partial charge in [-0.25, -0.2) is 4.79 Å². The average Bonchev–Trinajstić information content (AvgIpc) is 2.72. The maximum absolute atomic E-state index is 12.2. The van der Waals surface area contributed by atoms with Crippen molar-refractivity contribution in [2.45, 2.75) is 12.5 Å². The number of carbonyl (C=O) groups excluding carboxylic acids is 2. The summed E-state index contributed by atoms with van der Waals surface area (Å²) < 4.78 is 10.9. The molecule has 2 N–H and O–H groups in total. The number of carbonyl (C=O) groups is 2. The van der Waals surface area contributed by atoms with Crippen LogP contribution in [0.25, 0.3) is 0 Å². The van der Waals surface area contributed by atoms with Gasteiger partial charge in [-0.15, -0.1) is 0 Å². The molecule has 0 fully saturated rings. The molecule has 28 heavy (non-hydrogen) atoms. The fourth-order valence-electron chi connectivity index (χ4n) is 2.83. The topological polar surface area (TPSA) is 78.6 Å². The first kappa shape index (κ1) is 19.2. The van der Waals surface area contributed by atoms with Gasteiger partial charge in [0.15, 0.2) is 6.61 Å². The van der Waals surface area contributed by atoms with Crippen molar-refractivity contribution >= 4 is 11.9 Å². The lowest BCUT2D eigenvalue weighted by molar-refractivity contribution is -0.157. The Morgan fingerprint density at radius 2 is 1.43 bits per heavy atom. The van der Waals surface area contributed by atoms with Crippen LogP contribution in [0.3, 0.4) is 0 Å². The van der Waals surface area contributed by atoms with Crippen molar-refractivity contribution in [3.63, 3.8) is 0 Å². The third kappa shape index (κ3) is 5.20. The molecule has 0 radical (unpaired) electrons. The fraction of sp³-hybridized carbons (Fsp3) is 0.130. The van der Waals surface area contributed by atoms with Gasteiger partial charge in [-0.05, 0) is 17.2 Å². The van der Waals surface area contributed by atoms with Crippen LogP contribution in [-0.4, -0.2) is 18.5 Å². The maximum Gasteiger partial charge on any atom is 0.345 e. The molecule has 1 unspecified atom stereocenters. The zero-order chi connectivity index (χ0) is 19.8. The standard InChI is InChI=1S/C23H21NO4/c24-23(26)22(18-11-5-2-6-12-18)28-21(25)16-27-20-14-8-7-13-19(20)15-17-9-3-1-4-10-17/h1-14,22H,15-16H2,(H2,24,26). The highest BCUT2D eigenvalue weighted by Crippen LogP contribution is 2.22. The molecule has 142 valence electrons. The van der Waals surface area contributed by atoms with Crippen molar-refractivity contribution in [1.82, 2.24) is 0 Å². The van der Waals surface area contributed by atoms with Gasteiger partial charge in [0.1, 0.15) is 5.75 Å². The van der Waals surface area contributed by atoms with E-state index in [-0.39, 0.29) is 6.61 Å². The Kier molecular flexibility index (Phi) is 6.41. The van der Waals surface area contributed by atoms with Crippen LogP contribution in [0, 0.1) is 0 Å². The number of nitrogens with two attached hydrogens (primary N) is 1. The van der Waals surface area contributed by atoms with Crippen molar-refractivity contribution in [1.29, 1.82) is 0 Å². The van der Waals surface area contributed by atoms with Crippen LogP contribution in [0.15, 0.2) is 84.9 Å². The number of rotatable bonds is 8. The van der Waals surface area contributed by atoms with Crippen LogP contribution in [0.4, 0.5) is 0 Å². The molecule has 0 aliphatic rings. The molecule has 0 aromatic heterocycles. The minimum Gasteiger partial charge on any atom is -0.482 e. The Morgan fingerprint density at radius 3 is 2.11 bits per heavy atom. The third-order valence-electron chi connectivity index (χ3n) is 4.17. The van der Waals surface area contributed by atoms with Gasteiger partial charge in [-0.2, -0.15) is 0 Å². The summed E-state index contributed by atoms with van der Waals surface area (Å²) in [6.07, 6.45) is -0.461. The number of amides is 1. The molecule has 0 spiro atoms. The number of hydrogen-bond acceptors (Lipinski definition) is 4. The summed E-state index contributed by atoms with van der Waals surface area (Å²) in [5.41, 5.74) is 7.99. The first-order valence-electron chi connectivity index (χ1n) is 8.92. The van der Waals surface area contributed by atoms with E-state index < -0.39 is 18.0 Å². The highest BCUT2D eigenvalue weighted by molar-refractivity contribution is 5.83. The highest BCUT2D eigenvalue weighted by Gasteiger charge is 2.22. The summed E-state index contributed by atoms with van der Waals surface area (Å²) in [6.45, 7) is -0.317. The molecule has 5 nitrogen and oxygen atoms in total. The molecule has 1 atom stereocenters. The minimum atomic E-state index is -1.14. The summed E-state index contributed by atoms with van der Waals surface area (Å²) in [6, 6.07) is 26.1. The fourth-order valence-corrected chi connectivity index (χ4v) is 2.83. The van der Waals surface area contributed by atoms with Gasteiger partial charge in [0.25, 0.3) is 5.91 Å². The molecule has 0 heterocycles. The van der Waals surface area contributed by atoms with Crippen LogP contribution in [0.2, 0.25) is 0 Å². The second-order valence-electron chi connectivity index (χ2n) is 6.24. The molecule has 0 aliphatic heterocycles. The number of ether oxygens (including phenoxy) is 2. The Labute approximate surface area is 163 Å². The number of para-hydroxylation sites is 1. The van der Waals surface area contributed by atoms with Crippen molar-refractivity contribution in [3.05, 3.63) is 102 Å². The molecule has 3 rings (SSSR count). The molecule has 0 saturated carbocycles. The molecule has 0 aliphatic carbocycles. The van der Waals surface area contributed by atoms with E-state index in [9.17, 15) is 9.59 Å². The second-order valence-corrected chi connectivity index (χ2v) is 6.24. The lowest BCUT2D eigenvalue weighted by Crippen LogP contribution is -2.28. The number of esters is 1. The number of hydrogen-bond donors (Lipinski definition) is 1. The summed E-state index contributed by atoms with van der Waals surface area (Å²) in [4.78, 5) is 23.9. The van der Waals surface area contributed by atoms with Gasteiger partial charge in [-0.1, -0.05) is 78.9 Å². The van der Waals surface area contributed by atoms with Gasteiger partial charge in [0.2, 0.25) is 6.10 Å². The van der Waals surface area contributed by atoms with Crippen molar-refractivity contribution < 1.29 is 19.1 Å². The van der Waals surface area contributed by atoms with E-state index in [1.165, 1.54) is 0 Å². The van der Waals surface area contributed by atoms with E-state index in [0.717, 1.165) is 11.1 Å². The van der Waals surface area contributed by atoms with Crippen molar-refractivity contribution in [2.75, 3.05) is 6.61 Å². The lowest BCUT2D eigenvalue weighted by atomic mass is 10.0. The minimum absolute atomic E-state index is 0.317. The van der Waals surface area contributed by atoms with Gasteiger partial charge < -0.3 is 15.2 Å². The van der Waals surface area contributed by atoms with Crippen LogP contribution >= 0.6 is 0 Å². The Morgan fingerprint density at radius 1 is 0.821 bits per heavy atom. The monoisotopic (exact) mass is 375 g/mol. The summed E-state index contributed by atoms with van der Waals surface area (Å²) in [5, 5.41) is 0. The maximum atomic E-state index is 12.2. The predicted octanol–water partition coefficient (Wildman–Crippen LogP) is 3.43. The molecule has 5 heteroatoms. The molecule has 0 bridgehead atoms. The predicted molar refractivity (Wildman–Crippen MR) is 106 cm³/mol. The first-order chi connectivity index (χ1) is 13.6. The van der Waals surface area contributed by atoms with E-state index in [2.05, 4.69) is 0 Å². The van der Waals surface area contributed by atoms with Crippen LogP contribution in [0.5, 0.6) is 5.75 Å². The third-order valence-corrected chi connectivity index (χ3v) is 4.17. The number of benzene rings is 3. The largest absolute Gasteiger partial charge is 0.482 e.